The van der Waals surface area contributed by atoms with E-state index in [4.69, 9.17) is 27.6 Å². The molecule has 2 aromatic heterocycles. The van der Waals surface area contributed by atoms with E-state index >= 15 is 0 Å². The number of nitrogens with one attached hydrogen (secondary N) is 1. The fraction of sp³-hybridized carbons (Fsp3) is 0. The Hall–Kier alpha value is -2.44. The molecule has 2 heterocycles. The first-order valence-corrected chi connectivity index (χ1v) is 6.90. The van der Waals surface area contributed by atoms with Gasteiger partial charge in [-0.05, 0) is 30.3 Å². The normalized spacial score (nSPS) is 10.5. The highest BCUT2D eigenvalue weighted by Gasteiger charge is 2.15. The molecule has 22 heavy (non-hydrogen) atoms. The molecule has 0 saturated carbocycles. The molecule has 6 nitrogen and oxygen atoms in total. The standard InChI is InChI=1S/C14H8Cl2N4O2/c15-8-4-5-9(10(16)7-8)12(21)18-14-20-19-13(22-14)11-3-1-2-6-17-11/h1-7H,(H,18,20,21). The molecule has 110 valence electrons. The molecule has 0 unspecified atom stereocenters. The molecular formula is C14H8Cl2N4O2. The minimum Gasteiger partial charge on any atom is -0.401 e. The molecule has 0 aliphatic rings. The van der Waals surface area contributed by atoms with Crippen LogP contribution in [0, 0.1) is 0 Å². The Kier molecular flexibility index (Phi) is 4.04. The second-order valence-electron chi connectivity index (χ2n) is 4.21. The molecule has 0 radical (unpaired) electrons. The fourth-order valence-electron chi connectivity index (χ4n) is 1.70. The second-order valence-corrected chi connectivity index (χ2v) is 5.05. The van der Waals surface area contributed by atoms with Gasteiger partial charge in [-0.15, -0.1) is 5.10 Å². The topological polar surface area (TPSA) is 80.9 Å². The van der Waals surface area contributed by atoms with E-state index in [0.717, 1.165) is 0 Å². The number of carbonyl (C=O) groups excluding carboxylic acids is 1. The van der Waals surface area contributed by atoms with Crippen molar-refractivity contribution in [2.45, 2.75) is 0 Å². The third kappa shape index (κ3) is 3.08. The fourth-order valence-corrected chi connectivity index (χ4v) is 2.20. The van der Waals surface area contributed by atoms with Crippen molar-refractivity contribution in [3.63, 3.8) is 0 Å². The molecule has 3 aromatic rings. The van der Waals surface area contributed by atoms with E-state index in [0.29, 0.717) is 10.7 Å². The summed E-state index contributed by atoms with van der Waals surface area (Å²) in [5.74, 6) is -0.268. The summed E-state index contributed by atoms with van der Waals surface area (Å²) in [6.07, 6.45) is 1.60. The minimum absolute atomic E-state index is 0.0448. The van der Waals surface area contributed by atoms with Gasteiger partial charge in [-0.3, -0.25) is 15.1 Å². The number of rotatable bonds is 3. The second kappa shape index (κ2) is 6.13. The van der Waals surface area contributed by atoms with Crippen LogP contribution in [0.25, 0.3) is 11.6 Å². The van der Waals surface area contributed by atoms with Gasteiger partial charge in [-0.1, -0.05) is 34.4 Å². The van der Waals surface area contributed by atoms with E-state index in [2.05, 4.69) is 20.5 Å². The van der Waals surface area contributed by atoms with E-state index in [9.17, 15) is 4.79 Å². The van der Waals surface area contributed by atoms with Crippen LogP contribution in [0.4, 0.5) is 6.01 Å². The first kappa shape index (κ1) is 14.5. The van der Waals surface area contributed by atoms with Crippen molar-refractivity contribution in [1.82, 2.24) is 15.2 Å². The van der Waals surface area contributed by atoms with Gasteiger partial charge in [0.1, 0.15) is 5.69 Å². The Balaban J connectivity index is 1.79. The molecule has 0 atom stereocenters. The number of hydrogen-bond donors (Lipinski definition) is 1. The van der Waals surface area contributed by atoms with Crippen LogP contribution < -0.4 is 5.32 Å². The number of aromatic nitrogens is 3. The summed E-state index contributed by atoms with van der Waals surface area (Å²) in [5, 5.41) is 10.7. The molecule has 0 aliphatic heterocycles. The Bertz CT molecular complexity index is 821. The summed E-state index contributed by atoms with van der Waals surface area (Å²) < 4.78 is 5.34. The lowest BCUT2D eigenvalue weighted by Gasteiger charge is -2.03. The van der Waals surface area contributed by atoms with E-state index in [-0.39, 0.29) is 22.5 Å². The zero-order valence-corrected chi connectivity index (χ0v) is 12.5. The first-order valence-electron chi connectivity index (χ1n) is 6.15. The van der Waals surface area contributed by atoms with Gasteiger partial charge < -0.3 is 4.42 Å². The average molecular weight is 335 g/mol. The van der Waals surface area contributed by atoms with Gasteiger partial charge >= 0.3 is 6.01 Å². The third-order valence-electron chi connectivity index (χ3n) is 2.71. The van der Waals surface area contributed by atoms with E-state index in [1.54, 1.807) is 30.5 Å². The number of pyridine rings is 1. The summed E-state index contributed by atoms with van der Waals surface area (Å²) >= 11 is 11.8. The predicted molar refractivity (Wildman–Crippen MR) is 81.9 cm³/mol. The molecule has 0 aliphatic carbocycles. The molecule has 0 spiro atoms. The molecule has 0 bridgehead atoms. The highest BCUT2D eigenvalue weighted by molar-refractivity contribution is 6.37. The third-order valence-corrected chi connectivity index (χ3v) is 3.25. The molecule has 1 aromatic carbocycles. The van der Waals surface area contributed by atoms with E-state index < -0.39 is 5.91 Å². The van der Waals surface area contributed by atoms with Crippen LogP contribution >= 0.6 is 23.2 Å². The number of halogens is 2. The van der Waals surface area contributed by atoms with Gasteiger partial charge in [0.25, 0.3) is 11.8 Å². The van der Waals surface area contributed by atoms with Crippen LogP contribution in [-0.2, 0) is 0 Å². The van der Waals surface area contributed by atoms with Crippen LogP contribution in [0.15, 0.2) is 47.0 Å². The molecule has 0 fully saturated rings. The highest BCUT2D eigenvalue weighted by Crippen LogP contribution is 2.22. The van der Waals surface area contributed by atoms with Crippen molar-refractivity contribution in [2.24, 2.45) is 0 Å². The van der Waals surface area contributed by atoms with Crippen molar-refractivity contribution in [1.29, 1.82) is 0 Å². The minimum atomic E-state index is -0.474. The van der Waals surface area contributed by atoms with Gasteiger partial charge in [0, 0.05) is 11.2 Å². The number of benzene rings is 1. The maximum absolute atomic E-state index is 12.1. The number of anilines is 1. The van der Waals surface area contributed by atoms with Gasteiger partial charge in [0.2, 0.25) is 0 Å². The molecule has 3 rings (SSSR count). The molecule has 8 heteroatoms. The average Bonchev–Trinajstić information content (AvgIpc) is 2.96. The lowest BCUT2D eigenvalue weighted by atomic mass is 10.2. The monoisotopic (exact) mass is 334 g/mol. The van der Waals surface area contributed by atoms with Gasteiger partial charge in [0.15, 0.2) is 0 Å². The van der Waals surface area contributed by atoms with Crippen LogP contribution in [0.3, 0.4) is 0 Å². The SMILES string of the molecule is O=C(Nc1nnc(-c2ccccn2)o1)c1ccc(Cl)cc1Cl. The molecule has 0 saturated heterocycles. The Labute approximate surface area is 135 Å². The van der Waals surface area contributed by atoms with Crippen molar-refractivity contribution in [3.05, 3.63) is 58.2 Å². The zero-order valence-electron chi connectivity index (χ0n) is 11.0. The van der Waals surface area contributed by atoms with Crippen molar-refractivity contribution in [3.8, 4) is 11.6 Å². The quantitative estimate of drug-likeness (QED) is 0.789. The maximum Gasteiger partial charge on any atom is 0.322 e. The lowest BCUT2D eigenvalue weighted by molar-refractivity contribution is 0.102. The number of carbonyl (C=O) groups is 1. The van der Waals surface area contributed by atoms with Crippen LogP contribution in [-0.4, -0.2) is 21.1 Å². The number of amides is 1. The molecular weight excluding hydrogens is 327 g/mol. The van der Waals surface area contributed by atoms with Crippen molar-refractivity contribution >= 4 is 35.1 Å². The Morgan fingerprint density at radius 2 is 2.00 bits per heavy atom. The molecule has 1 N–H and O–H groups in total. The van der Waals surface area contributed by atoms with Gasteiger partial charge in [-0.2, -0.15) is 0 Å². The summed E-state index contributed by atoms with van der Waals surface area (Å²) in [7, 11) is 0. The van der Waals surface area contributed by atoms with Gasteiger partial charge in [-0.25, -0.2) is 0 Å². The summed E-state index contributed by atoms with van der Waals surface area (Å²) in [6.45, 7) is 0. The largest absolute Gasteiger partial charge is 0.401 e. The predicted octanol–water partition coefficient (Wildman–Crippen LogP) is 3.69. The Morgan fingerprint density at radius 3 is 2.73 bits per heavy atom. The Morgan fingerprint density at radius 1 is 1.14 bits per heavy atom. The van der Waals surface area contributed by atoms with E-state index in [1.807, 2.05) is 0 Å². The molecule has 1 amide bonds. The highest BCUT2D eigenvalue weighted by atomic mass is 35.5. The number of nitrogens with zero attached hydrogens (tertiary/aromatic N) is 3. The van der Waals surface area contributed by atoms with Crippen molar-refractivity contribution in [2.75, 3.05) is 5.32 Å². The smallest absolute Gasteiger partial charge is 0.322 e. The number of hydrogen-bond acceptors (Lipinski definition) is 5. The summed E-state index contributed by atoms with van der Waals surface area (Å²) in [4.78, 5) is 16.2. The van der Waals surface area contributed by atoms with E-state index in [1.165, 1.54) is 12.1 Å². The van der Waals surface area contributed by atoms with Gasteiger partial charge in [0.05, 0.1) is 10.6 Å². The van der Waals surface area contributed by atoms with Crippen LogP contribution in [0.5, 0.6) is 0 Å². The maximum atomic E-state index is 12.1. The first-order chi connectivity index (χ1) is 10.6. The lowest BCUT2D eigenvalue weighted by Crippen LogP contribution is -2.12. The summed E-state index contributed by atoms with van der Waals surface area (Å²) in [5.41, 5.74) is 0.767. The summed E-state index contributed by atoms with van der Waals surface area (Å²) in [6, 6.07) is 9.78. The van der Waals surface area contributed by atoms with Crippen LogP contribution in [0.2, 0.25) is 10.0 Å². The van der Waals surface area contributed by atoms with Crippen molar-refractivity contribution < 1.29 is 9.21 Å². The van der Waals surface area contributed by atoms with Crippen LogP contribution in [0.1, 0.15) is 10.4 Å². The zero-order chi connectivity index (χ0) is 15.5.